The summed E-state index contributed by atoms with van der Waals surface area (Å²) in [5.74, 6) is 4.89. The van der Waals surface area contributed by atoms with Crippen LogP contribution in [0.3, 0.4) is 0 Å². The van der Waals surface area contributed by atoms with Gasteiger partial charge in [-0.25, -0.2) is 0 Å². The van der Waals surface area contributed by atoms with Crippen LogP contribution in [0.1, 0.15) is 304 Å². The van der Waals surface area contributed by atoms with Gasteiger partial charge in [0.25, 0.3) is 0 Å². The van der Waals surface area contributed by atoms with E-state index >= 15 is 0 Å². The van der Waals surface area contributed by atoms with Crippen molar-refractivity contribution in [3.63, 3.8) is 0 Å². The van der Waals surface area contributed by atoms with Gasteiger partial charge in [-0.05, 0) is 0 Å². The number of benzene rings is 6. The zero-order chi connectivity index (χ0) is 54.9. The van der Waals surface area contributed by atoms with Crippen molar-refractivity contribution in [1.29, 1.82) is 0 Å². The molecule has 0 nitrogen and oxygen atoms in total. The van der Waals surface area contributed by atoms with Crippen molar-refractivity contribution in [3.8, 4) is 44.5 Å². The van der Waals surface area contributed by atoms with E-state index in [-0.39, 0.29) is 26.3 Å². The van der Waals surface area contributed by atoms with E-state index in [0.717, 1.165) is 0 Å². The molecule has 0 N–H and O–H groups in total. The summed E-state index contributed by atoms with van der Waals surface area (Å²) in [7, 11) is 0. The predicted molar refractivity (Wildman–Crippen MR) is 334 cm³/mol. The Labute approximate surface area is 465 Å². The molecule has 0 aliphatic heterocycles. The van der Waals surface area contributed by atoms with E-state index in [0.29, 0.717) is 71.0 Å². The van der Waals surface area contributed by atoms with Gasteiger partial charge in [0.15, 0.2) is 0 Å². The summed E-state index contributed by atoms with van der Waals surface area (Å²) in [4.78, 5) is 0. The molecule has 0 aliphatic carbocycles. The Morgan fingerprint density at radius 1 is 0.216 bits per heavy atom. The molecule has 6 aromatic carbocycles. The Balaban J connectivity index is 1.94. The Morgan fingerprint density at radius 3 is 0.486 bits per heavy atom. The van der Waals surface area contributed by atoms with Crippen LogP contribution in [0.15, 0.2) is 84.9 Å². The normalized spacial score (nSPS) is 12.6. The Kier molecular flexibility index (Phi) is 20.0. The molecule has 6 aromatic rings. The maximum atomic E-state index is 2.59. The first kappa shape index (κ1) is 59.7. The zero-order valence-electron chi connectivity index (χ0n) is 50.9. The average Bonchev–Trinajstić information content (AvgIpc) is 3.33. The maximum absolute atomic E-state index is 2.59. The van der Waals surface area contributed by atoms with Gasteiger partial charge in [0.2, 0.25) is 0 Å². The first-order valence-electron chi connectivity index (χ1n) is 29.1. The minimum atomic E-state index is -0.345. The van der Waals surface area contributed by atoms with E-state index in [1.165, 1.54) is 111 Å². The fourth-order valence-electron chi connectivity index (χ4n) is 11.3. The molecule has 0 radical (unpaired) electrons. The molecule has 0 aromatic heterocycles. The van der Waals surface area contributed by atoms with Gasteiger partial charge in [0, 0.05) is 0 Å². The van der Waals surface area contributed by atoms with Gasteiger partial charge in [-0.15, -0.1) is 0 Å². The monoisotopic (exact) mass is 1110 g/mol. The van der Waals surface area contributed by atoms with Crippen molar-refractivity contribution in [1.82, 2.24) is 0 Å². The van der Waals surface area contributed by atoms with Crippen molar-refractivity contribution in [2.24, 2.45) is 0 Å². The molecule has 0 unspecified atom stereocenters. The van der Waals surface area contributed by atoms with Crippen molar-refractivity contribution in [3.05, 3.63) is 152 Å². The van der Waals surface area contributed by atoms with Crippen LogP contribution >= 0.6 is 0 Å². The summed E-state index contributed by atoms with van der Waals surface area (Å²) < 4.78 is 3.25. The van der Waals surface area contributed by atoms with Crippen LogP contribution in [-0.4, -0.2) is 26.3 Å². The number of hydrogen-bond donors (Lipinski definition) is 0. The minimum absolute atomic E-state index is 0.345. The second-order valence-corrected chi connectivity index (χ2v) is 32.8. The molecule has 74 heavy (non-hydrogen) atoms. The van der Waals surface area contributed by atoms with E-state index in [1.807, 2.05) is 0 Å². The van der Waals surface area contributed by atoms with E-state index in [4.69, 9.17) is 0 Å². The molecule has 0 bridgehead atoms. The van der Waals surface area contributed by atoms with Crippen molar-refractivity contribution in [2.45, 2.75) is 237 Å². The summed E-state index contributed by atoms with van der Waals surface area (Å²) in [5, 5.41) is 0. The standard InChI is InChI=1S/C72H98As2/c1-39(2)51-31-59(43(9)10)67(60(32-51)44(11)12)55-27-25-28-56(68-61(45(13)14)33-52(40(3)4)34-62(68)46(15)16)71(55)73-74-72-57(69-63(47(17)18)35-53(41(5)6)36-64(69)48(19)20)29-26-30-58(72)70-65(49(21)22)37-54(42(7)8)38-66(70)50(23)24/h25-50H,1-24H3. The zero-order valence-corrected chi connectivity index (χ0v) is 54.7. The van der Waals surface area contributed by atoms with Crippen molar-refractivity contribution < 1.29 is 0 Å². The molecule has 0 spiro atoms. The van der Waals surface area contributed by atoms with Crippen LogP contribution in [0.25, 0.3) is 44.5 Å². The predicted octanol–water partition coefficient (Wildman–Crippen LogP) is 21.1. The van der Waals surface area contributed by atoms with Crippen molar-refractivity contribution in [2.75, 3.05) is 0 Å². The van der Waals surface area contributed by atoms with Gasteiger partial charge in [0.05, 0.1) is 0 Å². The Bertz CT molecular complexity index is 2450. The van der Waals surface area contributed by atoms with Gasteiger partial charge < -0.3 is 0 Å². The van der Waals surface area contributed by atoms with Gasteiger partial charge in [-0.1, -0.05) is 0 Å². The molecule has 0 saturated carbocycles. The Hall–Kier alpha value is -3.56. The molecule has 396 valence electrons. The molecule has 2 heteroatoms. The molecule has 0 saturated heterocycles. The SMILES string of the molecule is CC(C)c1cc(C(C)C)c(-c2cccc(-c3c(C(C)C)cc(C(C)C)cc3C(C)C)c2[As]=[As]c2c(-c3c(C(C)C)cc(C(C)C)cc3C(C)C)cccc2-c2c(C(C)C)cc(C(C)C)cc2C(C)C)c(C(C)C)c1. The quantitative estimate of drug-likeness (QED) is 0.0753. The summed E-state index contributed by atoms with van der Waals surface area (Å²) in [6.45, 7) is 57.9. The third-order valence-electron chi connectivity index (χ3n) is 15.9. The summed E-state index contributed by atoms with van der Waals surface area (Å²) >= 11 is -0.690. The summed E-state index contributed by atoms with van der Waals surface area (Å²) in [6, 6.07) is 35.8. The summed E-state index contributed by atoms with van der Waals surface area (Å²) in [5.41, 5.74) is 29.8. The second kappa shape index (κ2) is 24.8. The third kappa shape index (κ3) is 12.6. The molecule has 0 aliphatic rings. The van der Waals surface area contributed by atoms with Crippen LogP contribution < -0.4 is 8.70 Å². The molecular formula is C72H98As2. The van der Waals surface area contributed by atoms with Crippen molar-refractivity contribution >= 4 is 35.0 Å². The number of hydrogen-bond acceptors (Lipinski definition) is 0. The van der Waals surface area contributed by atoms with Crippen LogP contribution in [0.5, 0.6) is 0 Å². The molecular weight excluding hydrogens is 1010 g/mol. The third-order valence-corrected chi connectivity index (χ3v) is 24.5. The van der Waals surface area contributed by atoms with Gasteiger partial charge in [-0.2, -0.15) is 0 Å². The van der Waals surface area contributed by atoms with Gasteiger partial charge in [0.1, 0.15) is 0 Å². The Morgan fingerprint density at radius 2 is 0.365 bits per heavy atom. The van der Waals surface area contributed by atoms with E-state index in [9.17, 15) is 0 Å². The van der Waals surface area contributed by atoms with E-state index in [1.54, 1.807) is 8.70 Å². The van der Waals surface area contributed by atoms with Gasteiger partial charge >= 0.3 is 468 Å². The molecule has 6 rings (SSSR count). The fraction of sp³-hybridized carbons (Fsp3) is 0.500. The summed E-state index contributed by atoms with van der Waals surface area (Å²) in [6.07, 6.45) is 0. The van der Waals surface area contributed by atoms with Gasteiger partial charge in [-0.3, -0.25) is 0 Å². The first-order chi connectivity index (χ1) is 34.7. The first-order valence-corrected chi connectivity index (χ1v) is 36.2. The van der Waals surface area contributed by atoms with E-state index < -0.39 is 0 Å². The molecule has 0 amide bonds. The van der Waals surface area contributed by atoms with Crippen LogP contribution in [-0.2, 0) is 0 Å². The fourth-order valence-corrected chi connectivity index (χ4v) is 21.0. The second-order valence-electron chi connectivity index (χ2n) is 25.8. The molecule has 0 fully saturated rings. The van der Waals surface area contributed by atoms with E-state index in [2.05, 4.69) is 251 Å². The topological polar surface area (TPSA) is 0 Å². The van der Waals surface area contributed by atoms with Crippen LogP contribution in [0, 0.1) is 0 Å². The molecule has 0 atom stereocenters. The van der Waals surface area contributed by atoms with Crippen LogP contribution in [0.2, 0.25) is 0 Å². The number of rotatable bonds is 18. The van der Waals surface area contributed by atoms with Crippen LogP contribution in [0.4, 0.5) is 0 Å². The average molecular weight is 1110 g/mol. The molecule has 0 heterocycles.